The third kappa shape index (κ3) is 3.31. The van der Waals surface area contributed by atoms with E-state index in [2.05, 4.69) is 21.2 Å². The zero-order valence-corrected chi connectivity index (χ0v) is 13.9. The lowest BCUT2D eigenvalue weighted by Crippen LogP contribution is -2.33. The fourth-order valence-electron chi connectivity index (χ4n) is 3.40. The van der Waals surface area contributed by atoms with Gasteiger partial charge in [-0.3, -0.25) is 15.0 Å². The Hall–Kier alpha value is -2.95. The second-order valence-corrected chi connectivity index (χ2v) is 6.56. The van der Waals surface area contributed by atoms with Gasteiger partial charge < -0.3 is 10.1 Å². The van der Waals surface area contributed by atoms with Gasteiger partial charge in [0.25, 0.3) is 5.56 Å². The largest absolute Gasteiger partial charge is 0.508 e. The van der Waals surface area contributed by atoms with Crippen molar-refractivity contribution in [3.8, 4) is 5.75 Å². The van der Waals surface area contributed by atoms with Gasteiger partial charge in [-0.2, -0.15) is 0 Å². The third-order valence-electron chi connectivity index (χ3n) is 4.76. The summed E-state index contributed by atoms with van der Waals surface area (Å²) in [5, 5.41) is 16.4. The first kappa shape index (κ1) is 15.6. The summed E-state index contributed by atoms with van der Waals surface area (Å²) in [6.07, 6.45) is 9.24. The quantitative estimate of drug-likeness (QED) is 0.584. The van der Waals surface area contributed by atoms with Gasteiger partial charge in [-0.25, -0.2) is 0 Å². The molecule has 25 heavy (non-hydrogen) atoms. The van der Waals surface area contributed by atoms with E-state index in [-0.39, 0.29) is 11.3 Å². The van der Waals surface area contributed by atoms with E-state index in [1.54, 1.807) is 12.1 Å². The third-order valence-corrected chi connectivity index (χ3v) is 4.76. The van der Waals surface area contributed by atoms with Gasteiger partial charge in [0, 0.05) is 11.4 Å². The Morgan fingerprint density at radius 1 is 1.08 bits per heavy atom. The summed E-state index contributed by atoms with van der Waals surface area (Å²) in [4.78, 5) is 15.6. The average molecular weight is 335 g/mol. The molecule has 0 spiro atoms. The molecule has 5 nitrogen and oxygen atoms in total. The van der Waals surface area contributed by atoms with Gasteiger partial charge in [0.1, 0.15) is 5.75 Å². The molecule has 3 aromatic rings. The van der Waals surface area contributed by atoms with Crippen LogP contribution in [0.15, 0.2) is 35.1 Å². The van der Waals surface area contributed by atoms with Gasteiger partial charge in [0.15, 0.2) is 0 Å². The summed E-state index contributed by atoms with van der Waals surface area (Å²) < 4.78 is 0. The molecule has 5 heteroatoms. The number of rotatable bonds is 3. The Morgan fingerprint density at radius 2 is 1.88 bits per heavy atom. The molecule has 0 saturated heterocycles. The van der Waals surface area contributed by atoms with Crippen LogP contribution in [0, 0.1) is 0 Å². The zero-order chi connectivity index (χ0) is 17.2. The highest BCUT2D eigenvalue weighted by Crippen LogP contribution is 2.21. The van der Waals surface area contributed by atoms with Crippen molar-refractivity contribution in [2.45, 2.75) is 32.1 Å². The molecule has 0 saturated carbocycles. The summed E-state index contributed by atoms with van der Waals surface area (Å²) in [7, 11) is 0. The first-order valence-corrected chi connectivity index (χ1v) is 8.66. The van der Waals surface area contributed by atoms with Crippen LogP contribution in [0.2, 0.25) is 0 Å². The van der Waals surface area contributed by atoms with Crippen molar-refractivity contribution in [2.24, 2.45) is 0 Å². The fourth-order valence-corrected chi connectivity index (χ4v) is 3.40. The van der Waals surface area contributed by atoms with Crippen LogP contribution < -0.4 is 16.1 Å². The molecule has 0 amide bonds. The second-order valence-electron chi connectivity index (χ2n) is 6.56. The monoisotopic (exact) mass is 335 g/mol. The molecule has 1 aromatic carbocycles. The molecule has 0 radical (unpaired) electrons. The summed E-state index contributed by atoms with van der Waals surface area (Å²) in [6.45, 7) is 0. The molecule has 1 aliphatic rings. The lowest BCUT2D eigenvalue weighted by Gasteiger charge is -2.08. The molecule has 128 valence electrons. The van der Waals surface area contributed by atoms with Crippen LogP contribution in [0.3, 0.4) is 0 Å². The van der Waals surface area contributed by atoms with Crippen LogP contribution in [0.1, 0.15) is 35.4 Å². The number of phenols is 1. The second kappa shape index (κ2) is 6.51. The molecule has 4 rings (SSSR count). The predicted molar refractivity (Wildman–Crippen MR) is 97.9 cm³/mol. The standard InChI is InChI=1S/C20H21N3O2/c24-16-8-5-13(6-9-16)7-10-19-17(20(25)23-22-19)12-15-11-14-3-1-2-4-18(14)21-15/h5-6,8-12,21-22,24H,1-4,7H2,(H,23,25). The van der Waals surface area contributed by atoms with Crippen LogP contribution in [0.5, 0.6) is 5.75 Å². The molecule has 2 aromatic heterocycles. The molecule has 0 bridgehead atoms. The number of phenolic OH excluding ortho intramolecular Hbond substituents is 1. The number of hydrogen-bond donors (Lipinski definition) is 4. The molecular formula is C20H21N3O2. The van der Waals surface area contributed by atoms with E-state index >= 15 is 0 Å². The first-order chi connectivity index (χ1) is 12.2. The van der Waals surface area contributed by atoms with Crippen molar-refractivity contribution in [3.63, 3.8) is 0 Å². The maximum absolute atomic E-state index is 12.2. The fraction of sp³-hybridized carbons (Fsp3) is 0.250. The summed E-state index contributed by atoms with van der Waals surface area (Å²) in [6, 6.07) is 9.24. The van der Waals surface area contributed by atoms with E-state index in [1.165, 1.54) is 24.1 Å². The van der Waals surface area contributed by atoms with Crippen molar-refractivity contribution in [3.05, 3.63) is 73.8 Å². The van der Waals surface area contributed by atoms with E-state index in [0.29, 0.717) is 11.6 Å². The number of nitrogens with one attached hydrogen (secondary N) is 3. The van der Waals surface area contributed by atoms with Crippen LogP contribution >= 0.6 is 0 Å². The van der Waals surface area contributed by atoms with E-state index < -0.39 is 0 Å². The number of aromatic hydroxyl groups is 1. The number of aryl methyl sites for hydroxylation is 2. The Balaban J connectivity index is 1.69. The Morgan fingerprint density at radius 3 is 2.68 bits per heavy atom. The number of aromatic amines is 3. The van der Waals surface area contributed by atoms with E-state index in [4.69, 9.17) is 0 Å². The minimum atomic E-state index is -0.121. The van der Waals surface area contributed by atoms with Crippen molar-refractivity contribution in [1.82, 2.24) is 15.2 Å². The van der Waals surface area contributed by atoms with Crippen LogP contribution in [-0.2, 0) is 19.3 Å². The van der Waals surface area contributed by atoms with Crippen LogP contribution in [-0.4, -0.2) is 20.3 Å². The average Bonchev–Trinajstić information content (AvgIpc) is 3.18. The molecular weight excluding hydrogens is 314 g/mol. The van der Waals surface area contributed by atoms with Gasteiger partial charge in [-0.15, -0.1) is 0 Å². The van der Waals surface area contributed by atoms with Gasteiger partial charge in [0.05, 0.1) is 10.6 Å². The smallest absolute Gasteiger partial charge is 0.271 e. The lowest BCUT2D eigenvalue weighted by molar-refractivity contribution is 0.475. The highest BCUT2D eigenvalue weighted by molar-refractivity contribution is 5.49. The number of H-pyrrole nitrogens is 3. The molecule has 1 aliphatic carbocycles. The topological polar surface area (TPSA) is 84.7 Å². The minimum absolute atomic E-state index is 0.121. The summed E-state index contributed by atoms with van der Waals surface area (Å²) >= 11 is 0. The van der Waals surface area contributed by atoms with Gasteiger partial charge in [0.2, 0.25) is 0 Å². The number of aromatic nitrogens is 3. The van der Waals surface area contributed by atoms with Crippen molar-refractivity contribution >= 4 is 12.2 Å². The highest BCUT2D eigenvalue weighted by Gasteiger charge is 2.11. The molecule has 2 heterocycles. The van der Waals surface area contributed by atoms with Crippen LogP contribution in [0.25, 0.3) is 12.2 Å². The maximum atomic E-state index is 12.2. The SMILES string of the molecule is O=c1[nH][nH]c(=CCc2ccc(O)cc2)c1=Cc1cc2c([nH]1)CCCC2. The molecule has 0 unspecified atom stereocenters. The van der Waals surface area contributed by atoms with Crippen LogP contribution in [0.4, 0.5) is 0 Å². The Kier molecular flexibility index (Phi) is 4.06. The van der Waals surface area contributed by atoms with Crippen molar-refractivity contribution < 1.29 is 5.11 Å². The summed E-state index contributed by atoms with van der Waals surface area (Å²) in [5.74, 6) is 0.253. The highest BCUT2D eigenvalue weighted by atomic mass is 16.3. The Labute approximate surface area is 144 Å². The van der Waals surface area contributed by atoms with Gasteiger partial charge >= 0.3 is 0 Å². The van der Waals surface area contributed by atoms with E-state index in [9.17, 15) is 9.90 Å². The van der Waals surface area contributed by atoms with E-state index in [0.717, 1.165) is 29.4 Å². The minimum Gasteiger partial charge on any atom is -0.508 e. The van der Waals surface area contributed by atoms with Gasteiger partial charge in [-0.05, 0) is 67.5 Å². The predicted octanol–water partition coefficient (Wildman–Crippen LogP) is 1.47. The zero-order valence-electron chi connectivity index (χ0n) is 13.9. The molecule has 0 fully saturated rings. The number of benzene rings is 1. The number of fused-ring (bicyclic) bond motifs is 1. The van der Waals surface area contributed by atoms with E-state index in [1.807, 2.05) is 24.3 Å². The lowest BCUT2D eigenvalue weighted by atomic mass is 9.98. The first-order valence-electron chi connectivity index (χ1n) is 8.66. The van der Waals surface area contributed by atoms with Crippen molar-refractivity contribution in [2.75, 3.05) is 0 Å². The molecule has 4 N–H and O–H groups in total. The molecule has 0 atom stereocenters. The molecule has 0 aliphatic heterocycles. The summed E-state index contributed by atoms with van der Waals surface area (Å²) in [5.41, 5.74) is 4.61. The maximum Gasteiger partial charge on any atom is 0.271 e. The van der Waals surface area contributed by atoms with Crippen molar-refractivity contribution in [1.29, 1.82) is 0 Å². The number of hydrogen-bond acceptors (Lipinski definition) is 2. The normalized spacial score (nSPS) is 15.5. The Bertz CT molecular complexity index is 1030. The van der Waals surface area contributed by atoms with Gasteiger partial charge in [-0.1, -0.05) is 18.2 Å².